The minimum absolute atomic E-state index is 0.0641. The van der Waals surface area contributed by atoms with Gasteiger partial charge in [0.2, 0.25) is 0 Å². The second-order valence-corrected chi connectivity index (χ2v) is 6.19. The summed E-state index contributed by atoms with van der Waals surface area (Å²) < 4.78 is 41.0. The molecule has 0 aliphatic rings. The highest BCUT2D eigenvalue weighted by Crippen LogP contribution is 2.09. The first-order chi connectivity index (χ1) is 14.0. The SMILES string of the molecule is [2H]C([2H])(Cl)[C@]([2H])(O)C([2H])([2H])OC(=O)CCCCCCC/C=C\C/C=C\CCCCC. The first-order valence-electron chi connectivity index (χ1n) is 11.9. The topological polar surface area (TPSA) is 46.5 Å². The number of esters is 1. The van der Waals surface area contributed by atoms with Gasteiger partial charge in [0.05, 0.1) is 9.94 Å². The Bertz CT molecular complexity index is 531. The van der Waals surface area contributed by atoms with Crippen LogP contribution in [0.4, 0.5) is 0 Å². The third-order valence-corrected chi connectivity index (χ3v) is 3.86. The van der Waals surface area contributed by atoms with Crippen LogP contribution in [-0.2, 0) is 9.53 Å². The lowest BCUT2D eigenvalue weighted by molar-refractivity contribution is -0.146. The molecule has 0 saturated heterocycles. The first-order valence-corrected chi connectivity index (χ1v) is 9.76. The van der Waals surface area contributed by atoms with Crippen molar-refractivity contribution in [3.63, 3.8) is 0 Å². The lowest BCUT2D eigenvalue weighted by Gasteiger charge is -2.07. The lowest BCUT2D eigenvalue weighted by Crippen LogP contribution is -2.19. The average molecular weight is 378 g/mol. The quantitative estimate of drug-likeness (QED) is 0.147. The molecule has 146 valence electrons. The van der Waals surface area contributed by atoms with Crippen LogP contribution in [0.3, 0.4) is 0 Å². The average Bonchev–Trinajstić information content (AvgIpc) is 2.63. The highest BCUT2D eigenvalue weighted by atomic mass is 35.5. The molecule has 0 radical (unpaired) electrons. The van der Waals surface area contributed by atoms with Crippen LogP contribution >= 0.6 is 11.6 Å². The zero-order valence-electron chi connectivity index (χ0n) is 20.4. The third kappa shape index (κ3) is 19.4. The number of allylic oxidation sites excluding steroid dienone is 4. The summed E-state index contributed by atoms with van der Waals surface area (Å²) in [6.45, 7) is -1.05. The Morgan fingerprint density at radius 2 is 1.68 bits per heavy atom. The Labute approximate surface area is 166 Å². The van der Waals surface area contributed by atoms with Gasteiger partial charge in [0.15, 0.2) is 0 Å². The Kier molecular flexibility index (Phi) is 12.8. The summed E-state index contributed by atoms with van der Waals surface area (Å²) in [6.07, 6.45) is 16.6. The fraction of sp³-hybridized carbons (Fsp3) is 0.762. The highest BCUT2D eigenvalue weighted by Gasteiger charge is 2.07. The number of hydrogen-bond donors (Lipinski definition) is 1. The molecule has 0 saturated carbocycles. The van der Waals surface area contributed by atoms with Crippen molar-refractivity contribution in [2.75, 3.05) is 12.4 Å². The minimum Gasteiger partial charge on any atom is -0.463 e. The third-order valence-electron chi connectivity index (χ3n) is 3.68. The van der Waals surface area contributed by atoms with Crippen LogP contribution in [0.2, 0.25) is 0 Å². The van der Waals surface area contributed by atoms with Gasteiger partial charge in [-0.3, -0.25) is 4.79 Å². The molecule has 0 aromatic heterocycles. The summed E-state index contributed by atoms with van der Waals surface area (Å²) in [6, 6.07) is 0. The van der Waals surface area contributed by atoms with Gasteiger partial charge in [-0.25, -0.2) is 0 Å². The van der Waals surface area contributed by atoms with E-state index in [-0.39, 0.29) is 6.42 Å². The van der Waals surface area contributed by atoms with E-state index in [0.29, 0.717) is 6.42 Å². The van der Waals surface area contributed by atoms with E-state index in [2.05, 4.69) is 36.0 Å². The molecular weight excluding hydrogens is 336 g/mol. The molecule has 25 heavy (non-hydrogen) atoms. The number of unbranched alkanes of at least 4 members (excludes halogenated alkanes) is 8. The molecule has 3 nitrogen and oxygen atoms in total. The maximum atomic E-state index is 11.7. The molecule has 4 heteroatoms. The van der Waals surface area contributed by atoms with Crippen LogP contribution in [0.25, 0.3) is 0 Å². The van der Waals surface area contributed by atoms with Gasteiger partial charge in [-0.2, -0.15) is 0 Å². The molecule has 0 aromatic carbocycles. The second kappa shape index (κ2) is 19.5. The number of alkyl halides is 1. The number of carbonyl (C=O) groups is 1. The summed E-state index contributed by atoms with van der Waals surface area (Å²) in [5.41, 5.74) is 0. The molecule has 1 atom stereocenters. The Balaban J connectivity index is 3.80. The highest BCUT2D eigenvalue weighted by molar-refractivity contribution is 6.18. The van der Waals surface area contributed by atoms with E-state index in [1.807, 2.05) is 0 Å². The molecule has 0 aliphatic carbocycles. The molecule has 0 aliphatic heterocycles. The van der Waals surface area contributed by atoms with Crippen molar-refractivity contribution in [2.45, 2.75) is 90.1 Å². The van der Waals surface area contributed by atoms with Crippen molar-refractivity contribution >= 4 is 17.6 Å². The smallest absolute Gasteiger partial charge is 0.305 e. The molecular formula is C21H37ClO3. The molecule has 1 N–H and O–H groups in total. The largest absolute Gasteiger partial charge is 0.463 e. The fourth-order valence-corrected chi connectivity index (χ4v) is 2.29. The van der Waals surface area contributed by atoms with Gasteiger partial charge in [0, 0.05) is 9.16 Å². The summed E-state index contributed by atoms with van der Waals surface area (Å²) in [5, 5.41) is 9.63. The van der Waals surface area contributed by atoms with E-state index in [4.69, 9.17) is 18.5 Å². The number of carbonyl (C=O) groups excluding carboxylic acids is 1. The van der Waals surface area contributed by atoms with Gasteiger partial charge < -0.3 is 9.84 Å². The molecule has 0 amide bonds. The number of halogens is 1. The van der Waals surface area contributed by atoms with Crippen LogP contribution in [0.5, 0.6) is 0 Å². The van der Waals surface area contributed by atoms with E-state index in [1.165, 1.54) is 19.3 Å². The number of ether oxygens (including phenoxy) is 1. The number of hydrogen-bond acceptors (Lipinski definition) is 3. The normalized spacial score (nSPS) is 18.3. The predicted molar refractivity (Wildman–Crippen MR) is 107 cm³/mol. The van der Waals surface area contributed by atoms with E-state index < -0.39 is 24.4 Å². The van der Waals surface area contributed by atoms with Gasteiger partial charge in [-0.15, -0.1) is 11.6 Å². The van der Waals surface area contributed by atoms with Gasteiger partial charge in [0.25, 0.3) is 0 Å². The molecule has 0 unspecified atom stereocenters. The number of rotatable bonds is 17. The molecule has 0 heterocycles. The molecule has 0 fully saturated rings. The van der Waals surface area contributed by atoms with Crippen molar-refractivity contribution in [3.8, 4) is 0 Å². The van der Waals surface area contributed by atoms with Crippen LogP contribution < -0.4 is 0 Å². The van der Waals surface area contributed by atoms with Crippen molar-refractivity contribution in [1.29, 1.82) is 0 Å². The molecule has 0 rings (SSSR count). The van der Waals surface area contributed by atoms with Crippen LogP contribution in [0.1, 0.15) is 90.8 Å². The van der Waals surface area contributed by atoms with E-state index >= 15 is 0 Å². The Morgan fingerprint density at radius 1 is 1.08 bits per heavy atom. The zero-order chi connectivity index (χ0) is 23.1. The monoisotopic (exact) mass is 377 g/mol. The maximum absolute atomic E-state index is 11.7. The first kappa shape index (κ1) is 16.4. The second-order valence-electron chi connectivity index (χ2n) is 6.00. The van der Waals surface area contributed by atoms with Crippen LogP contribution in [0.15, 0.2) is 24.3 Å². The van der Waals surface area contributed by atoms with Crippen molar-refractivity contribution in [2.24, 2.45) is 0 Å². The zero-order valence-corrected chi connectivity index (χ0v) is 16.2. The van der Waals surface area contributed by atoms with Gasteiger partial charge in [0.1, 0.15) is 12.6 Å². The fourth-order valence-electron chi connectivity index (χ4n) is 2.26. The van der Waals surface area contributed by atoms with Gasteiger partial charge in [-0.05, 0) is 38.5 Å². The van der Waals surface area contributed by atoms with Crippen LogP contribution in [-0.4, -0.2) is 29.5 Å². The summed E-state index contributed by atoms with van der Waals surface area (Å²) in [5.74, 6) is -4.05. The number of aliphatic hydroxyl groups is 1. The summed E-state index contributed by atoms with van der Waals surface area (Å²) in [4.78, 5) is 11.7. The maximum Gasteiger partial charge on any atom is 0.305 e. The molecule has 0 aromatic rings. The Morgan fingerprint density at radius 3 is 2.32 bits per heavy atom. The lowest BCUT2D eigenvalue weighted by atomic mass is 10.1. The van der Waals surface area contributed by atoms with E-state index in [0.717, 1.165) is 44.9 Å². The Hall–Kier alpha value is -0.800. The molecule has 0 bridgehead atoms. The molecule has 0 spiro atoms. The minimum atomic E-state index is -3.42. The van der Waals surface area contributed by atoms with Gasteiger partial charge in [-0.1, -0.05) is 63.3 Å². The summed E-state index contributed by atoms with van der Waals surface area (Å²) >= 11 is 5.20. The van der Waals surface area contributed by atoms with E-state index in [9.17, 15) is 9.90 Å². The van der Waals surface area contributed by atoms with Gasteiger partial charge >= 0.3 is 5.97 Å². The van der Waals surface area contributed by atoms with Crippen molar-refractivity contribution < 1.29 is 21.5 Å². The standard InChI is InChI=1S/C21H37ClO3/c1-2-3-4-5-6-7-8-9-10-11-12-13-14-15-16-17-21(24)25-19-20(23)18-22/h6-7,9-10,20,23H,2-5,8,11-19H2,1H3/b7-6-,10-9-/t20-/m0/s1/i18D2,19D2,20D. The predicted octanol–water partition coefficient (Wildman–Crippen LogP) is 5.94. The summed E-state index contributed by atoms with van der Waals surface area (Å²) in [7, 11) is 0. The van der Waals surface area contributed by atoms with Crippen LogP contribution in [0, 0.1) is 0 Å². The van der Waals surface area contributed by atoms with Crippen molar-refractivity contribution in [1.82, 2.24) is 0 Å². The van der Waals surface area contributed by atoms with E-state index in [1.54, 1.807) is 0 Å². The van der Waals surface area contributed by atoms with Crippen molar-refractivity contribution in [3.05, 3.63) is 24.3 Å².